The summed E-state index contributed by atoms with van der Waals surface area (Å²) in [4.78, 5) is 18.9. The molecule has 0 aliphatic heterocycles. The van der Waals surface area contributed by atoms with Gasteiger partial charge in [0, 0.05) is 36.7 Å². The Kier molecular flexibility index (Phi) is 5.95. The zero-order valence-corrected chi connectivity index (χ0v) is 16.5. The maximum absolute atomic E-state index is 13.2. The number of carbonyl (C=O) groups is 1. The molecule has 146 valence electrons. The molecule has 1 unspecified atom stereocenters. The number of aromatic amines is 1. The first-order valence-electron chi connectivity index (χ1n) is 9.75. The van der Waals surface area contributed by atoms with E-state index in [1.165, 1.54) is 0 Å². The molecular weight excluding hydrogens is 340 g/mol. The number of H-pyrrole nitrogens is 1. The fourth-order valence-electron chi connectivity index (χ4n) is 3.81. The lowest BCUT2D eigenvalue weighted by Crippen LogP contribution is -2.36. The molecule has 1 aliphatic rings. The molecule has 6 nitrogen and oxygen atoms in total. The highest BCUT2D eigenvalue weighted by Crippen LogP contribution is 2.37. The number of rotatable bonds is 6. The van der Waals surface area contributed by atoms with Crippen molar-refractivity contribution in [3.63, 3.8) is 0 Å². The Morgan fingerprint density at radius 1 is 1.30 bits per heavy atom. The molecule has 0 radical (unpaired) electrons. The number of pyridine rings is 1. The van der Waals surface area contributed by atoms with Crippen LogP contribution in [-0.4, -0.2) is 50.8 Å². The van der Waals surface area contributed by atoms with Crippen LogP contribution in [0.1, 0.15) is 54.5 Å². The SMILES string of the molecule is CC(C)(C)C1CCc2[nH]nc(C(=O)N(CCO)CCc3ccncc3)c2C1. The van der Waals surface area contributed by atoms with E-state index in [-0.39, 0.29) is 17.9 Å². The highest BCUT2D eigenvalue weighted by Gasteiger charge is 2.33. The summed E-state index contributed by atoms with van der Waals surface area (Å²) in [5.41, 5.74) is 4.02. The van der Waals surface area contributed by atoms with E-state index in [0.29, 0.717) is 24.7 Å². The van der Waals surface area contributed by atoms with Crippen LogP contribution >= 0.6 is 0 Å². The lowest BCUT2D eigenvalue weighted by Gasteiger charge is -2.34. The minimum atomic E-state index is -0.0924. The van der Waals surface area contributed by atoms with Gasteiger partial charge in [-0.05, 0) is 54.7 Å². The number of nitrogens with one attached hydrogen (secondary N) is 1. The molecule has 1 aliphatic carbocycles. The second-order valence-corrected chi connectivity index (χ2v) is 8.46. The molecule has 1 amide bonds. The van der Waals surface area contributed by atoms with E-state index in [9.17, 15) is 9.90 Å². The first-order valence-corrected chi connectivity index (χ1v) is 9.75. The molecule has 2 aromatic rings. The predicted molar refractivity (Wildman–Crippen MR) is 104 cm³/mol. The number of carbonyl (C=O) groups excluding carboxylic acids is 1. The van der Waals surface area contributed by atoms with E-state index in [2.05, 4.69) is 36.0 Å². The van der Waals surface area contributed by atoms with E-state index >= 15 is 0 Å². The lowest BCUT2D eigenvalue weighted by atomic mass is 9.71. The zero-order chi connectivity index (χ0) is 19.4. The number of aromatic nitrogens is 3. The van der Waals surface area contributed by atoms with Crippen LogP contribution in [0.2, 0.25) is 0 Å². The van der Waals surface area contributed by atoms with E-state index in [1.807, 2.05) is 12.1 Å². The van der Waals surface area contributed by atoms with E-state index in [1.54, 1.807) is 17.3 Å². The van der Waals surface area contributed by atoms with Crippen LogP contribution in [0, 0.1) is 11.3 Å². The van der Waals surface area contributed by atoms with Gasteiger partial charge >= 0.3 is 0 Å². The molecule has 6 heteroatoms. The minimum Gasteiger partial charge on any atom is -0.395 e. The Morgan fingerprint density at radius 2 is 2.04 bits per heavy atom. The molecule has 2 aromatic heterocycles. The maximum atomic E-state index is 13.2. The topological polar surface area (TPSA) is 82.1 Å². The Labute approximate surface area is 161 Å². The third-order valence-corrected chi connectivity index (χ3v) is 5.65. The van der Waals surface area contributed by atoms with Gasteiger partial charge in [-0.25, -0.2) is 0 Å². The molecule has 2 N–H and O–H groups in total. The number of aliphatic hydroxyl groups is 1. The zero-order valence-electron chi connectivity index (χ0n) is 16.5. The van der Waals surface area contributed by atoms with Crippen LogP contribution in [-0.2, 0) is 19.3 Å². The van der Waals surface area contributed by atoms with Crippen LogP contribution in [0.5, 0.6) is 0 Å². The highest BCUT2D eigenvalue weighted by atomic mass is 16.3. The van der Waals surface area contributed by atoms with Crippen molar-refractivity contribution in [1.29, 1.82) is 0 Å². The van der Waals surface area contributed by atoms with Gasteiger partial charge in [-0.1, -0.05) is 20.8 Å². The van der Waals surface area contributed by atoms with Gasteiger partial charge in [0.2, 0.25) is 0 Å². The monoisotopic (exact) mass is 370 g/mol. The fraction of sp³-hybridized carbons (Fsp3) is 0.571. The summed E-state index contributed by atoms with van der Waals surface area (Å²) in [5, 5.41) is 16.9. The third kappa shape index (κ3) is 4.56. The molecule has 27 heavy (non-hydrogen) atoms. The first kappa shape index (κ1) is 19.5. The van der Waals surface area contributed by atoms with Crippen LogP contribution in [0.4, 0.5) is 0 Å². The molecule has 0 fully saturated rings. The van der Waals surface area contributed by atoms with Crippen molar-refractivity contribution >= 4 is 5.91 Å². The van der Waals surface area contributed by atoms with Gasteiger partial charge in [0.15, 0.2) is 5.69 Å². The summed E-state index contributed by atoms with van der Waals surface area (Å²) in [6, 6.07) is 3.90. The third-order valence-electron chi connectivity index (χ3n) is 5.65. The van der Waals surface area contributed by atoms with Crippen LogP contribution in [0.3, 0.4) is 0 Å². The summed E-state index contributed by atoms with van der Waals surface area (Å²) < 4.78 is 0. The van der Waals surface area contributed by atoms with E-state index in [4.69, 9.17) is 0 Å². The van der Waals surface area contributed by atoms with Gasteiger partial charge in [0.1, 0.15) is 0 Å². The van der Waals surface area contributed by atoms with Crippen LogP contribution < -0.4 is 0 Å². The van der Waals surface area contributed by atoms with Crippen molar-refractivity contribution in [2.45, 2.75) is 46.5 Å². The second kappa shape index (κ2) is 8.21. The second-order valence-electron chi connectivity index (χ2n) is 8.46. The number of hydrogen-bond acceptors (Lipinski definition) is 4. The number of amides is 1. The summed E-state index contributed by atoms with van der Waals surface area (Å²) in [6.07, 6.45) is 7.18. The Bertz CT molecular complexity index is 764. The lowest BCUT2D eigenvalue weighted by molar-refractivity contribution is 0.0715. The molecular formula is C21H30N4O2. The molecule has 0 spiro atoms. The number of aliphatic hydroxyl groups excluding tert-OH is 1. The van der Waals surface area contributed by atoms with Crippen molar-refractivity contribution < 1.29 is 9.90 Å². The van der Waals surface area contributed by atoms with Gasteiger partial charge in [0.05, 0.1) is 6.61 Å². The number of hydrogen-bond donors (Lipinski definition) is 2. The van der Waals surface area contributed by atoms with E-state index < -0.39 is 0 Å². The van der Waals surface area contributed by atoms with E-state index in [0.717, 1.165) is 42.5 Å². The highest BCUT2D eigenvalue weighted by molar-refractivity contribution is 5.94. The molecule has 3 rings (SSSR count). The molecule has 0 aromatic carbocycles. The largest absolute Gasteiger partial charge is 0.395 e. The predicted octanol–water partition coefficient (Wildman–Crippen LogP) is 2.63. The standard InChI is InChI=1S/C21H30N4O2/c1-21(2,3)16-4-5-18-17(14-16)19(24-23-18)20(27)25(12-13-26)11-8-15-6-9-22-10-7-15/h6-7,9-10,16,26H,4-5,8,11-14H2,1-3H3,(H,23,24). The molecule has 0 saturated heterocycles. The number of fused-ring (bicyclic) bond motifs is 1. The average Bonchev–Trinajstić information content (AvgIpc) is 3.08. The van der Waals surface area contributed by atoms with Crippen LogP contribution in [0.25, 0.3) is 0 Å². The molecule has 0 saturated carbocycles. The smallest absolute Gasteiger partial charge is 0.274 e. The Hall–Kier alpha value is -2.21. The van der Waals surface area contributed by atoms with Crippen molar-refractivity contribution in [2.24, 2.45) is 11.3 Å². The van der Waals surface area contributed by atoms with Crippen LogP contribution in [0.15, 0.2) is 24.5 Å². The summed E-state index contributed by atoms with van der Waals surface area (Å²) in [7, 11) is 0. The summed E-state index contributed by atoms with van der Waals surface area (Å²) in [6.45, 7) is 7.59. The van der Waals surface area contributed by atoms with Gasteiger partial charge in [-0.2, -0.15) is 5.10 Å². The molecule has 1 atom stereocenters. The Morgan fingerprint density at radius 3 is 2.70 bits per heavy atom. The Balaban J connectivity index is 1.76. The molecule has 2 heterocycles. The quantitative estimate of drug-likeness (QED) is 0.819. The average molecular weight is 370 g/mol. The van der Waals surface area contributed by atoms with Gasteiger partial charge in [-0.15, -0.1) is 0 Å². The van der Waals surface area contributed by atoms with Crippen molar-refractivity contribution in [3.8, 4) is 0 Å². The summed E-state index contributed by atoms with van der Waals surface area (Å²) in [5.74, 6) is 0.447. The van der Waals surface area contributed by atoms with Gasteiger partial charge < -0.3 is 10.0 Å². The number of aryl methyl sites for hydroxylation is 1. The fourth-order valence-corrected chi connectivity index (χ4v) is 3.81. The van der Waals surface area contributed by atoms with Crippen molar-refractivity contribution in [3.05, 3.63) is 47.0 Å². The van der Waals surface area contributed by atoms with Gasteiger partial charge in [-0.3, -0.25) is 14.9 Å². The number of nitrogens with zero attached hydrogens (tertiary/aromatic N) is 3. The summed E-state index contributed by atoms with van der Waals surface area (Å²) >= 11 is 0. The van der Waals surface area contributed by atoms with Crippen molar-refractivity contribution in [1.82, 2.24) is 20.1 Å². The minimum absolute atomic E-state index is 0.0562. The molecule has 0 bridgehead atoms. The normalized spacial score (nSPS) is 16.8. The first-order chi connectivity index (χ1) is 12.9. The van der Waals surface area contributed by atoms with Crippen molar-refractivity contribution in [2.75, 3.05) is 19.7 Å². The van der Waals surface area contributed by atoms with Gasteiger partial charge in [0.25, 0.3) is 5.91 Å². The maximum Gasteiger partial charge on any atom is 0.274 e.